The number of pyridine rings is 1. The lowest BCUT2D eigenvalue weighted by atomic mass is 9.89. The summed E-state index contributed by atoms with van der Waals surface area (Å²) in [6, 6.07) is 4.38. The molecule has 0 bridgehead atoms. The predicted molar refractivity (Wildman–Crippen MR) is 104 cm³/mol. The molecule has 3 N–H and O–H groups in total. The Morgan fingerprint density at radius 1 is 1.41 bits per heavy atom. The third-order valence-electron chi connectivity index (χ3n) is 5.04. The number of aryl methyl sites for hydroxylation is 2. The molecule has 7 heteroatoms. The monoisotopic (exact) mass is 386 g/mol. The third-order valence-corrected chi connectivity index (χ3v) is 6.21. The van der Waals surface area contributed by atoms with E-state index in [1.165, 1.54) is 23.5 Å². The molecule has 4 rings (SSSR count). The molecule has 0 unspecified atom stereocenters. The number of benzene rings is 1. The molecule has 0 saturated heterocycles. The van der Waals surface area contributed by atoms with Crippen molar-refractivity contribution in [3.63, 3.8) is 0 Å². The van der Waals surface area contributed by atoms with Crippen molar-refractivity contribution >= 4 is 33.1 Å². The zero-order chi connectivity index (χ0) is 19.3. The fourth-order valence-electron chi connectivity index (χ4n) is 3.60. The average Bonchev–Trinajstić information content (AvgIpc) is 2.94. The van der Waals surface area contributed by atoms with Crippen LogP contribution in [-0.2, 0) is 12.8 Å². The molecule has 1 amide bonds. The van der Waals surface area contributed by atoms with Gasteiger partial charge in [-0.3, -0.25) is 9.59 Å². The van der Waals surface area contributed by atoms with Gasteiger partial charge in [0, 0.05) is 4.88 Å². The molecule has 1 aliphatic carbocycles. The van der Waals surface area contributed by atoms with Crippen molar-refractivity contribution < 1.29 is 14.3 Å². The number of nitrogens with one attached hydrogen (secondary N) is 2. The van der Waals surface area contributed by atoms with Crippen LogP contribution < -0.4 is 10.9 Å². The van der Waals surface area contributed by atoms with Gasteiger partial charge in [0.2, 0.25) is 0 Å². The van der Waals surface area contributed by atoms with Crippen LogP contribution in [0.4, 0.5) is 10.1 Å². The lowest BCUT2D eigenvalue weighted by Gasteiger charge is -2.18. The number of fused-ring (bicyclic) bond motifs is 3. The van der Waals surface area contributed by atoms with Crippen molar-refractivity contribution in [2.24, 2.45) is 5.92 Å². The number of H-pyrrole nitrogens is 1. The molecule has 0 fully saturated rings. The Morgan fingerprint density at radius 2 is 2.19 bits per heavy atom. The van der Waals surface area contributed by atoms with Crippen LogP contribution in [0.3, 0.4) is 0 Å². The molecule has 5 nitrogen and oxygen atoms in total. The summed E-state index contributed by atoms with van der Waals surface area (Å²) in [7, 11) is 0. The van der Waals surface area contributed by atoms with Crippen LogP contribution in [0.15, 0.2) is 23.0 Å². The number of aromatic amines is 1. The van der Waals surface area contributed by atoms with Gasteiger partial charge < -0.3 is 15.4 Å². The average molecular weight is 386 g/mol. The van der Waals surface area contributed by atoms with Crippen molar-refractivity contribution in [1.29, 1.82) is 0 Å². The highest BCUT2D eigenvalue weighted by molar-refractivity contribution is 7.18. The minimum atomic E-state index is -0.831. The molecule has 1 aromatic carbocycles. The molecule has 0 radical (unpaired) electrons. The summed E-state index contributed by atoms with van der Waals surface area (Å²) in [6.45, 7) is 3.91. The molecule has 140 valence electrons. The number of hydrogen-bond donors (Lipinski definition) is 3. The normalized spacial score (nSPS) is 16.3. The van der Waals surface area contributed by atoms with E-state index in [2.05, 4.69) is 17.2 Å². The highest BCUT2D eigenvalue weighted by atomic mass is 32.1. The topological polar surface area (TPSA) is 82.2 Å². The van der Waals surface area contributed by atoms with E-state index in [4.69, 9.17) is 0 Å². The smallest absolute Gasteiger partial charge is 0.265 e. The van der Waals surface area contributed by atoms with E-state index in [1.807, 2.05) is 0 Å². The van der Waals surface area contributed by atoms with Crippen LogP contribution in [0.2, 0.25) is 0 Å². The second-order valence-electron chi connectivity index (χ2n) is 7.17. The third kappa shape index (κ3) is 3.02. The van der Waals surface area contributed by atoms with Crippen LogP contribution in [0, 0.1) is 18.7 Å². The first-order valence-corrected chi connectivity index (χ1v) is 9.63. The summed E-state index contributed by atoms with van der Waals surface area (Å²) >= 11 is 1.45. The van der Waals surface area contributed by atoms with Crippen LogP contribution in [0.25, 0.3) is 10.2 Å². The number of rotatable bonds is 2. The van der Waals surface area contributed by atoms with Gasteiger partial charge in [0.1, 0.15) is 22.0 Å². The number of aromatic hydroxyl groups is 1. The Balaban J connectivity index is 1.79. The quantitative estimate of drug-likeness (QED) is 0.620. The molecule has 3 aromatic rings. The molecule has 0 saturated carbocycles. The van der Waals surface area contributed by atoms with Crippen molar-refractivity contribution in [3.8, 4) is 5.75 Å². The molecule has 27 heavy (non-hydrogen) atoms. The maximum Gasteiger partial charge on any atom is 0.265 e. The second kappa shape index (κ2) is 6.49. The van der Waals surface area contributed by atoms with Gasteiger partial charge in [0.15, 0.2) is 0 Å². The molecule has 0 aliphatic heterocycles. The van der Waals surface area contributed by atoms with Crippen LogP contribution >= 0.6 is 11.3 Å². The standard InChI is InChI=1S/C20H19FN2O3S/c1-9-4-6-13(12(21)7-9)22-18(25)16-17(24)15-11-5-3-10(2)8-14(11)27-20(15)23-19(16)26/h4,6-7,10H,3,5,8H2,1-2H3,(H,22,25)(H2,23,24,26)/t10-/m0/s1. The second-order valence-corrected chi connectivity index (χ2v) is 8.28. The number of halogens is 1. The molecule has 0 spiro atoms. The maximum absolute atomic E-state index is 14.0. The van der Waals surface area contributed by atoms with Crippen molar-refractivity contribution in [3.05, 3.63) is 55.9 Å². The minimum absolute atomic E-state index is 0.0364. The fourth-order valence-corrected chi connectivity index (χ4v) is 5.01. The molecule has 2 aromatic heterocycles. The highest BCUT2D eigenvalue weighted by Crippen LogP contribution is 2.41. The summed E-state index contributed by atoms with van der Waals surface area (Å²) in [5.74, 6) is -1.21. The summed E-state index contributed by atoms with van der Waals surface area (Å²) in [5.41, 5.74) is 0.605. The Labute approximate surface area is 158 Å². The first-order valence-electron chi connectivity index (χ1n) is 8.82. The number of hydrogen-bond acceptors (Lipinski definition) is 4. The van der Waals surface area contributed by atoms with Gasteiger partial charge in [-0.1, -0.05) is 13.0 Å². The number of aromatic nitrogens is 1. The van der Waals surface area contributed by atoms with E-state index >= 15 is 0 Å². The highest BCUT2D eigenvalue weighted by Gasteiger charge is 2.27. The van der Waals surface area contributed by atoms with E-state index in [1.54, 1.807) is 13.0 Å². The van der Waals surface area contributed by atoms with E-state index in [0.29, 0.717) is 21.7 Å². The van der Waals surface area contributed by atoms with E-state index in [9.17, 15) is 19.1 Å². The van der Waals surface area contributed by atoms with Gasteiger partial charge in [-0.15, -0.1) is 11.3 Å². The Morgan fingerprint density at radius 3 is 2.93 bits per heavy atom. The number of anilines is 1. The van der Waals surface area contributed by atoms with Crippen LogP contribution in [0.5, 0.6) is 5.75 Å². The lowest BCUT2D eigenvalue weighted by Crippen LogP contribution is -2.23. The van der Waals surface area contributed by atoms with Crippen LogP contribution in [0.1, 0.15) is 39.7 Å². The number of amides is 1. The summed E-state index contributed by atoms with van der Waals surface area (Å²) in [6.07, 6.45) is 2.68. The number of carbonyl (C=O) groups is 1. The first kappa shape index (κ1) is 17.7. The zero-order valence-corrected chi connectivity index (χ0v) is 15.8. The van der Waals surface area contributed by atoms with E-state index < -0.39 is 17.3 Å². The van der Waals surface area contributed by atoms with Crippen molar-refractivity contribution in [1.82, 2.24) is 4.98 Å². The summed E-state index contributed by atoms with van der Waals surface area (Å²) in [4.78, 5) is 29.5. The number of carbonyl (C=O) groups excluding carboxylic acids is 1. The summed E-state index contributed by atoms with van der Waals surface area (Å²) in [5, 5.41) is 13.7. The van der Waals surface area contributed by atoms with Gasteiger partial charge >= 0.3 is 0 Å². The Hall–Kier alpha value is -2.67. The van der Waals surface area contributed by atoms with Gasteiger partial charge in [-0.25, -0.2) is 4.39 Å². The lowest BCUT2D eigenvalue weighted by molar-refractivity contribution is 0.102. The Kier molecular flexibility index (Phi) is 4.26. The Bertz CT molecular complexity index is 1130. The minimum Gasteiger partial charge on any atom is -0.506 e. The molecule has 1 aliphatic rings. The largest absolute Gasteiger partial charge is 0.506 e. The molecular weight excluding hydrogens is 367 g/mol. The van der Waals surface area contributed by atoms with Crippen molar-refractivity contribution in [2.75, 3.05) is 5.32 Å². The molecular formula is C20H19FN2O3S. The fraction of sp³-hybridized carbons (Fsp3) is 0.300. The SMILES string of the molecule is Cc1ccc(NC(=O)c2c(O)c3c4c(sc3[nH]c2=O)C[C@@H](C)CC4)c(F)c1. The van der Waals surface area contributed by atoms with Crippen molar-refractivity contribution in [2.45, 2.75) is 33.1 Å². The van der Waals surface area contributed by atoms with Gasteiger partial charge in [-0.05, 0) is 55.4 Å². The number of thiophene rings is 1. The van der Waals surface area contributed by atoms with Gasteiger partial charge in [-0.2, -0.15) is 0 Å². The zero-order valence-electron chi connectivity index (χ0n) is 15.0. The van der Waals surface area contributed by atoms with Gasteiger partial charge in [0.25, 0.3) is 11.5 Å². The summed E-state index contributed by atoms with van der Waals surface area (Å²) < 4.78 is 14.0. The van der Waals surface area contributed by atoms with E-state index in [0.717, 1.165) is 29.7 Å². The van der Waals surface area contributed by atoms with Gasteiger partial charge in [0.05, 0.1) is 11.1 Å². The van der Waals surface area contributed by atoms with E-state index in [-0.39, 0.29) is 17.0 Å². The molecule has 1 atom stereocenters. The van der Waals surface area contributed by atoms with Crippen LogP contribution in [-0.4, -0.2) is 16.0 Å². The molecule has 2 heterocycles. The maximum atomic E-state index is 14.0. The predicted octanol–water partition coefficient (Wildman–Crippen LogP) is 4.12. The first-order chi connectivity index (χ1) is 12.8.